The molecule has 17 heavy (non-hydrogen) atoms. The molecule has 0 saturated heterocycles. The number of carbonyl (C=O) groups is 1. The summed E-state index contributed by atoms with van der Waals surface area (Å²) in [6.45, 7) is 0.489. The maximum Gasteiger partial charge on any atom is 0.320 e. The van der Waals surface area contributed by atoms with Crippen molar-refractivity contribution in [2.75, 3.05) is 0 Å². The standard InChI is InChI=1S/C13H14N2O2/c14-7-9-2-1-3-10(6-9)8-15-12(13(16)17)11-4-5-11/h1-3,6,11-12,15H,4-5,8H2,(H,16,17). The lowest BCUT2D eigenvalue weighted by atomic mass is 10.1. The molecule has 88 valence electrons. The van der Waals surface area contributed by atoms with Gasteiger partial charge < -0.3 is 10.4 Å². The molecule has 0 amide bonds. The molecule has 1 aromatic carbocycles. The van der Waals surface area contributed by atoms with Crippen molar-refractivity contribution < 1.29 is 9.90 Å². The molecule has 0 radical (unpaired) electrons. The molecule has 1 aliphatic carbocycles. The maximum absolute atomic E-state index is 11.0. The van der Waals surface area contributed by atoms with Crippen LogP contribution in [0.2, 0.25) is 0 Å². The number of hydrogen-bond donors (Lipinski definition) is 2. The first-order valence-corrected chi connectivity index (χ1v) is 5.66. The summed E-state index contributed by atoms with van der Waals surface area (Å²) >= 11 is 0. The Morgan fingerprint density at radius 2 is 2.35 bits per heavy atom. The molecule has 0 aliphatic heterocycles. The van der Waals surface area contributed by atoms with E-state index in [1.54, 1.807) is 12.1 Å². The van der Waals surface area contributed by atoms with Gasteiger partial charge in [-0.05, 0) is 36.5 Å². The summed E-state index contributed by atoms with van der Waals surface area (Å²) in [6, 6.07) is 8.82. The summed E-state index contributed by atoms with van der Waals surface area (Å²) in [7, 11) is 0. The van der Waals surface area contributed by atoms with Gasteiger partial charge in [0.05, 0.1) is 11.6 Å². The molecule has 1 saturated carbocycles. The van der Waals surface area contributed by atoms with Crippen LogP contribution in [0.3, 0.4) is 0 Å². The molecule has 1 atom stereocenters. The van der Waals surface area contributed by atoms with Gasteiger partial charge in [-0.1, -0.05) is 12.1 Å². The van der Waals surface area contributed by atoms with Crippen LogP contribution in [0.4, 0.5) is 0 Å². The lowest BCUT2D eigenvalue weighted by Gasteiger charge is -2.13. The van der Waals surface area contributed by atoms with Gasteiger partial charge >= 0.3 is 5.97 Å². The average Bonchev–Trinajstić information content (AvgIpc) is 3.13. The van der Waals surface area contributed by atoms with E-state index in [-0.39, 0.29) is 5.92 Å². The number of nitriles is 1. The predicted octanol–water partition coefficient (Wildman–Crippen LogP) is 1.51. The van der Waals surface area contributed by atoms with Gasteiger partial charge in [0.25, 0.3) is 0 Å². The van der Waals surface area contributed by atoms with Crippen molar-refractivity contribution in [1.29, 1.82) is 5.26 Å². The summed E-state index contributed by atoms with van der Waals surface area (Å²) in [6.07, 6.45) is 1.98. The second-order valence-electron chi connectivity index (χ2n) is 4.35. The molecule has 4 heteroatoms. The summed E-state index contributed by atoms with van der Waals surface area (Å²) < 4.78 is 0. The van der Waals surface area contributed by atoms with Gasteiger partial charge in [-0.15, -0.1) is 0 Å². The maximum atomic E-state index is 11.0. The highest BCUT2D eigenvalue weighted by molar-refractivity contribution is 5.74. The second kappa shape index (κ2) is 4.98. The van der Waals surface area contributed by atoms with Crippen LogP contribution in [0.15, 0.2) is 24.3 Å². The Morgan fingerprint density at radius 3 is 2.94 bits per heavy atom. The Hall–Kier alpha value is -1.86. The van der Waals surface area contributed by atoms with Crippen LogP contribution in [0, 0.1) is 17.2 Å². The first-order valence-electron chi connectivity index (χ1n) is 5.66. The number of carboxylic acids is 1. The van der Waals surface area contributed by atoms with Crippen LogP contribution in [0.25, 0.3) is 0 Å². The van der Waals surface area contributed by atoms with Gasteiger partial charge in [0.2, 0.25) is 0 Å². The van der Waals surface area contributed by atoms with Crippen LogP contribution in [-0.2, 0) is 11.3 Å². The number of nitrogens with zero attached hydrogens (tertiary/aromatic N) is 1. The van der Waals surface area contributed by atoms with Crippen molar-refractivity contribution in [3.05, 3.63) is 35.4 Å². The number of hydrogen-bond acceptors (Lipinski definition) is 3. The SMILES string of the molecule is N#Cc1cccc(CNC(C(=O)O)C2CC2)c1. The number of aliphatic carboxylic acids is 1. The van der Waals surface area contributed by atoms with Crippen molar-refractivity contribution in [3.8, 4) is 6.07 Å². The fourth-order valence-electron chi connectivity index (χ4n) is 1.86. The van der Waals surface area contributed by atoms with Crippen LogP contribution in [-0.4, -0.2) is 17.1 Å². The summed E-state index contributed by atoms with van der Waals surface area (Å²) in [5, 5.41) is 20.8. The highest BCUT2D eigenvalue weighted by Crippen LogP contribution is 2.32. The van der Waals surface area contributed by atoms with E-state index >= 15 is 0 Å². The van der Waals surface area contributed by atoms with E-state index in [9.17, 15) is 4.79 Å². The Bertz CT molecular complexity index is 461. The Labute approximate surface area is 99.9 Å². The molecule has 1 unspecified atom stereocenters. The van der Waals surface area contributed by atoms with Gasteiger partial charge in [-0.2, -0.15) is 5.26 Å². The minimum absolute atomic E-state index is 0.270. The topological polar surface area (TPSA) is 73.1 Å². The fraction of sp³-hybridized carbons (Fsp3) is 0.385. The third-order valence-electron chi connectivity index (χ3n) is 2.94. The molecule has 4 nitrogen and oxygen atoms in total. The Kier molecular flexibility index (Phi) is 3.40. The summed E-state index contributed by atoms with van der Waals surface area (Å²) in [5.41, 5.74) is 1.54. The van der Waals surface area contributed by atoms with Crippen LogP contribution in [0.1, 0.15) is 24.0 Å². The van der Waals surface area contributed by atoms with Gasteiger partial charge in [-0.3, -0.25) is 4.79 Å². The van der Waals surface area contributed by atoms with Gasteiger partial charge in [-0.25, -0.2) is 0 Å². The van der Waals surface area contributed by atoms with Crippen molar-refractivity contribution in [1.82, 2.24) is 5.32 Å². The van der Waals surface area contributed by atoms with E-state index in [0.29, 0.717) is 12.1 Å². The quantitative estimate of drug-likeness (QED) is 0.804. The summed E-state index contributed by atoms with van der Waals surface area (Å²) in [4.78, 5) is 11.0. The van der Waals surface area contributed by atoms with Gasteiger partial charge in [0, 0.05) is 6.54 Å². The number of benzene rings is 1. The molecule has 2 rings (SSSR count). The second-order valence-corrected chi connectivity index (χ2v) is 4.35. The van der Waals surface area contributed by atoms with Crippen LogP contribution in [0.5, 0.6) is 0 Å². The zero-order valence-corrected chi connectivity index (χ0v) is 9.39. The van der Waals surface area contributed by atoms with Crippen molar-refractivity contribution in [2.24, 2.45) is 5.92 Å². The fourth-order valence-corrected chi connectivity index (χ4v) is 1.86. The molecule has 0 heterocycles. The third-order valence-corrected chi connectivity index (χ3v) is 2.94. The monoisotopic (exact) mass is 230 g/mol. The highest BCUT2D eigenvalue weighted by Gasteiger charge is 2.35. The van der Waals surface area contributed by atoms with Gasteiger partial charge in [0.15, 0.2) is 0 Å². The van der Waals surface area contributed by atoms with E-state index in [1.165, 1.54) is 0 Å². The largest absolute Gasteiger partial charge is 0.480 e. The zero-order chi connectivity index (χ0) is 12.3. The van der Waals surface area contributed by atoms with Gasteiger partial charge in [0.1, 0.15) is 6.04 Å². The lowest BCUT2D eigenvalue weighted by molar-refractivity contribution is -0.140. The van der Waals surface area contributed by atoms with Crippen LogP contribution >= 0.6 is 0 Å². The minimum atomic E-state index is -0.788. The lowest BCUT2D eigenvalue weighted by Crippen LogP contribution is -2.38. The minimum Gasteiger partial charge on any atom is -0.480 e. The van der Waals surface area contributed by atoms with E-state index in [4.69, 9.17) is 10.4 Å². The van der Waals surface area contributed by atoms with Crippen molar-refractivity contribution >= 4 is 5.97 Å². The third kappa shape index (κ3) is 3.05. The number of carboxylic acid groups (broad SMARTS) is 1. The van der Waals surface area contributed by atoms with E-state index in [2.05, 4.69) is 11.4 Å². The highest BCUT2D eigenvalue weighted by atomic mass is 16.4. The van der Waals surface area contributed by atoms with E-state index < -0.39 is 12.0 Å². The molecule has 0 bridgehead atoms. The van der Waals surface area contributed by atoms with Crippen molar-refractivity contribution in [3.63, 3.8) is 0 Å². The molecule has 0 aromatic heterocycles. The van der Waals surface area contributed by atoms with Crippen molar-refractivity contribution in [2.45, 2.75) is 25.4 Å². The molecule has 1 aromatic rings. The average molecular weight is 230 g/mol. The summed E-state index contributed by atoms with van der Waals surface area (Å²) in [5.74, 6) is -0.518. The first-order chi connectivity index (χ1) is 8.20. The molecule has 1 aliphatic rings. The molecular formula is C13H14N2O2. The molecule has 0 spiro atoms. The number of nitrogens with one attached hydrogen (secondary N) is 1. The molecule has 2 N–H and O–H groups in total. The smallest absolute Gasteiger partial charge is 0.320 e. The predicted molar refractivity (Wildman–Crippen MR) is 62.1 cm³/mol. The Balaban J connectivity index is 1.96. The van der Waals surface area contributed by atoms with Crippen LogP contribution < -0.4 is 5.32 Å². The Morgan fingerprint density at radius 1 is 1.59 bits per heavy atom. The first kappa shape index (κ1) is 11.6. The number of rotatable bonds is 5. The molecular weight excluding hydrogens is 216 g/mol. The molecule has 1 fully saturated rings. The zero-order valence-electron chi connectivity index (χ0n) is 9.39. The normalized spacial score (nSPS) is 16.2. The van der Waals surface area contributed by atoms with E-state index in [1.807, 2.05) is 12.1 Å². The van der Waals surface area contributed by atoms with E-state index in [0.717, 1.165) is 18.4 Å².